The third-order valence-electron chi connectivity index (χ3n) is 6.49. The molecule has 3 aromatic rings. The Morgan fingerprint density at radius 1 is 0.925 bits per heavy atom. The number of hydrogen-bond acceptors (Lipinski definition) is 4. The van der Waals surface area contributed by atoms with Crippen LogP contribution < -0.4 is 9.62 Å². The van der Waals surface area contributed by atoms with Crippen LogP contribution in [0.5, 0.6) is 0 Å². The zero-order valence-electron chi connectivity index (χ0n) is 23.9. The molecule has 0 aliphatic carbocycles. The van der Waals surface area contributed by atoms with E-state index in [1.54, 1.807) is 36.4 Å². The number of nitrogens with zero attached hydrogens (tertiary/aromatic N) is 2. The van der Waals surface area contributed by atoms with Crippen LogP contribution in [0.3, 0.4) is 0 Å². The number of aryl methyl sites for hydroxylation is 2. The summed E-state index contributed by atoms with van der Waals surface area (Å²) >= 11 is 6.09. The standard InChI is InChI=1S/C31H38ClN3O4S/c1-7-28(30(37)33-31(4,5)6)34(20-24-11-9-8-10-23(24)3)29(36)21-35(26-16-14-25(32)15-17-26)40(38,39)27-18-12-22(2)13-19-27/h8-19,28H,7,20-21H2,1-6H3,(H,33,37)/t28-/m0/s1. The van der Waals surface area contributed by atoms with Gasteiger partial charge < -0.3 is 10.2 Å². The van der Waals surface area contributed by atoms with E-state index in [1.165, 1.54) is 17.0 Å². The molecule has 7 nitrogen and oxygen atoms in total. The highest BCUT2D eigenvalue weighted by Crippen LogP contribution is 2.27. The van der Waals surface area contributed by atoms with Crippen molar-refractivity contribution in [3.8, 4) is 0 Å². The van der Waals surface area contributed by atoms with Crippen LogP contribution >= 0.6 is 11.6 Å². The summed E-state index contributed by atoms with van der Waals surface area (Å²) in [5, 5.41) is 3.42. The first-order valence-electron chi connectivity index (χ1n) is 13.2. The fraction of sp³-hybridized carbons (Fsp3) is 0.355. The van der Waals surface area contributed by atoms with Gasteiger partial charge in [0.05, 0.1) is 10.6 Å². The highest BCUT2D eigenvalue weighted by Gasteiger charge is 2.34. The maximum absolute atomic E-state index is 14.1. The lowest BCUT2D eigenvalue weighted by atomic mass is 10.0. The number of halogens is 1. The summed E-state index contributed by atoms with van der Waals surface area (Å²) in [4.78, 5) is 29.1. The Morgan fingerprint density at radius 2 is 1.52 bits per heavy atom. The van der Waals surface area contributed by atoms with E-state index in [9.17, 15) is 18.0 Å². The average molecular weight is 584 g/mol. The molecule has 0 bridgehead atoms. The number of carbonyl (C=O) groups is 2. The first-order chi connectivity index (χ1) is 18.7. The molecule has 2 amide bonds. The van der Waals surface area contributed by atoms with Crippen LogP contribution in [0.4, 0.5) is 5.69 Å². The van der Waals surface area contributed by atoms with Gasteiger partial charge in [0.1, 0.15) is 12.6 Å². The largest absolute Gasteiger partial charge is 0.350 e. The van der Waals surface area contributed by atoms with E-state index >= 15 is 0 Å². The fourth-order valence-electron chi connectivity index (χ4n) is 4.32. The number of nitrogens with one attached hydrogen (secondary N) is 1. The van der Waals surface area contributed by atoms with Crippen LogP contribution in [0, 0.1) is 13.8 Å². The van der Waals surface area contributed by atoms with E-state index in [0.29, 0.717) is 17.1 Å². The second kappa shape index (κ2) is 12.9. The summed E-state index contributed by atoms with van der Waals surface area (Å²) in [5.41, 5.74) is 2.53. The van der Waals surface area contributed by atoms with Crippen molar-refractivity contribution in [3.05, 3.63) is 94.5 Å². The average Bonchev–Trinajstić information content (AvgIpc) is 2.88. The smallest absolute Gasteiger partial charge is 0.264 e. The summed E-state index contributed by atoms with van der Waals surface area (Å²) in [7, 11) is -4.13. The van der Waals surface area contributed by atoms with Gasteiger partial charge in [0.2, 0.25) is 11.8 Å². The Morgan fingerprint density at radius 3 is 2.08 bits per heavy atom. The second-order valence-electron chi connectivity index (χ2n) is 10.9. The molecule has 0 radical (unpaired) electrons. The maximum Gasteiger partial charge on any atom is 0.264 e. The van der Waals surface area contributed by atoms with Crippen LogP contribution in [-0.4, -0.2) is 43.3 Å². The third kappa shape index (κ3) is 7.86. The van der Waals surface area contributed by atoms with Crippen LogP contribution in [0.2, 0.25) is 5.02 Å². The number of rotatable bonds is 10. The summed E-state index contributed by atoms with van der Waals surface area (Å²) < 4.78 is 28.9. The Balaban J connectivity index is 2.08. The molecule has 9 heteroatoms. The molecule has 1 atom stereocenters. The van der Waals surface area contributed by atoms with Gasteiger partial charge in [0.15, 0.2) is 0 Å². The van der Waals surface area contributed by atoms with Gasteiger partial charge >= 0.3 is 0 Å². The van der Waals surface area contributed by atoms with Gasteiger partial charge in [-0.1, -0.05) is 60.5 Å². The van der Waals surface area contributed by atoms with E-state index in [-0.39, 0.29) is 17.3 Å². The van der Waals surface area contributed by atoms with Gasteiger partial charge in [0, 0.05) is 17.1 Å². The van der Waals surface area contributed by atoms with E-state index < -0.39 is 34.1 Å². The minimum Gasteiger partial charge on any atom is -0.350 e. The topological polar surface area (TPSA) is 86.8 Å². The van der Waals surface area contributed by atoms with Crippen molar-refractivity contribution < 1.29 is 18.0 Å². The molecule has 0 saturated carbocycles. The predicted molar refractivity (Wildman–Crippen MR) is 161 cm³/mol. The Kier molecular flexibility index (Phi) is 10.0. The van der Waals surface area contributed by atoms with E-state index in [1.807, 2.05) is 65.8 Å². The molecular formula is C31H38ClN3O4S. The molecule has 1 N–H and O–H groups in total. The van der Waals surface area contributed by atoms with Gasteiger partial charge in [-0.05, 0) is 88.6 Å². The molecule has 0 aliphatic heterocycles. The summed E-state index contributed by atoms with van der Waals surface area (Å²) in [6.45, 7) is 10.9. The van der Waals surface area contributed by atoms with E-state index in [0.717, 1.165) is 21.0 Å². The monoisotopic (exact) mass is 583 g/mol. The molecule has 0 aliphatic rings. The highest BCUT2D eigenvalue weighted by atomic mass is 35.5. The third-order valence-corrected chi connectivity index (χ3v) is 8.53. The predicted octanol–water partition coefficient (Wildman–Crippen LogP) is 5.87. The van der Waals surface area contributed by atoms with Crippen LogP contribution in [0.1, 0.15) is 50.8 Å². The summed E-state index contributed by atoms with van der Waals surface area (Å²) in [5.74, 6) is -0.791. The summed E-state index contributed by atoms with van der Waals surface area (Å²) in [6, 6.07) is 19.6. The molecule has 0 saturated heterocycles. The molecule has 0 unspecified atom stereocenters. The molecule has 0 heterocycles. The van der Waals surface area contributed by atoms with Crippen molar-refractivity contribution in [1.29, 1.82) is 0 Å². The minimum absolute atomic E-state index is 0.0591. The van der Waals surface area contributed by atoms with Gasteiger partial charge in [-0.25, -0.2) is 8.42 Å². The van der Waals surface area contributed by atoms with Crippen molar-refractivity contribution in [2.24, 2.45) is 0 Å². The zero-order valence-corrected chi connectivity index (χ0v) is 25.5. The van der Waals surface area contributed by atoms with Crippen LogP contribution in [0.25, 0.3) is 0 Å². The Bertz CT molecular complexity index is 1430. The Labute approximate surface area is 243 Å². The lowest BCUT2D eigenvalue weighted by Gasteiger charge is -2.35. The zero-order chi connectivity index (χ0) is 29.7. The van der Waals surface area contributed by atoms with Crippen molar-refractivity contribution >= 4 is 39.1 Å². The van der Waals surface area contributed by atoms with E-state index in [4.69, 9.17) is 11.6 Å². The molecule has 0 fully saturated rings. The Hall–Kier alpha value is -3.36. The number of amides is 2. The first-order valence-corrected chi connectivity index (χ1v) is 15.1. The number of anilines is 1. The molecule has 214 valence electrons. The molecule has 3 rings (SSSR count). The van der Waals surface area contributed by atoms with Crippen molar-refractivity contribution in [1.82, 2.24) is 10.2 Å². The fourth-order valence-corrected chi connectivity index (χ4v) is 5.86. The number of carbonyl (C=O) groups excluding carboxylic acids is 2. The van der Waals surface area contributed by atoms with Gasteiger partial charge in [-0.15, -0.1) is 0 Å². The molecule has 0 aromatic heterocycles. The highest BCUT2D eigenvalue weighted by molar-refractivity contribution is 7.92. The van der Waals surface area contributed by atoms with Crippen LogP contribution in [-0.2, 0) is 26.2 Å². The normalized spacial score (nSPS) is 12.5. The van der Waals surface area contributed by atoms with Gasteiger partial charge in [0.25, 0.3) is 10.0 Å². The molecule has 3 aromatic carbocycles. The number of hydrogen-bond donors (Lipinski definition) is 1. The molecule has 40 heavy (non-hydrogen) atoms. The maximum atomic E-state index is 14.1. The molecule has 0 spiro atoms. The lowest BCUT2D eigenvalue weighted by molar-refractivity contribution is -0.141. The second-order valence-corrected chi connectivity index (χ2v) is 13.2. The summed E-state index contributed by atoms with van der Waals surface area (Å²) in [6.07, 6.45) is 0.352. The SMILES string of the molecule is CC[C@@H](C(=O)NC(C)(C)C)N(Cc1ccccc1C)C(=O)CN(c1ccc(Cl)cc1)S(=O)(=O)c1ccc(C)cc1. The van der Waals surface area contributed by atoms with Crippen molar-refractivity contribution in [3.63, 3.8) is 0 Å². The van der Waals surface area contributed by atoms with Crippen LogP contribution in [0.15, 0.2) is 77.7 Å². The first kappa shape index (κ1) is 31.2. The van der Waals surface area contributed by atoms with E-state index in [2.05, 4.69) is 5.32 Å². The number of benzene rings is 3. The number of sulfonamides is 1. The van der Waals surface area contributed by atoms with Crippen molar-refractivity contribution in [2.75, 3.05) is 10.8 Å². The quantitative estimate of drug-likeness (QED) is 0.323. The van der Waals surface area contributed by atoms with Gasteiger partial charge in [-0.2, -0.15) is 0 Å². The lowest BCUT2D eigenvalue weighted by Crippen LogP contribution is -2.55. The minimum atomic E-state index is -4.13. The van der Waals surface area contributed by atoms with Crippen molar-refractivity contribution in [2.45, 2.75) is 71.0 Å². The molecular weight excluding hydrogens is 546 g/mol. The van der Waals surface area contributed by atoms with Gasteiger partial charge in [-0.3, -0.25) is 13.9 Å².